The highest BCUT2D eigenvalue weighted by atomic mass is 14.8. The molecule has 0 bridgehead atoms. The molecule has 1 N–H and O–H groups in total. The standard InChI is InChI=1S/C17H23N/c1-14(17(2)11-5-4-6-12-17)16-9-7-15(8-10-16)13-18-3/h4-11,14,18H,12-13H2,1-3H3. The highest BCUT2D eigenvalue weighted by molar-refractivity contribution is 5.30. The largest absolute Gasteiger partial charge is 0.316 e. The molecule has 1 aromatic rings. The molecule has 0 spiro atoms. The summed E-state index contributed by atoms with van der Waals surface area (Å²) >= 11 is 0. The predicted molar refractivity (Wildman–Crippen MR) is 78.6 cm³/mol. The van der Waals surface area contributed by atoms with E-state index in [9.17, 15) is 0 Å². The van der Waals surface area contributed by atoms with Crippen LogP contribution in [-0.2, 0) is 6.54 Å². The molecule has 0 aliphatic heterocycles. The molecule has 1 aromatic carbocycles. The third kappa shape index (κ3) is 2.73. The summed E-state index contributed by atoms with van der Waals surface area (Å²) in [6, 6.07) is 9.01. The number of hydrogen-bond acceptors (Lipinski definition) is 1. The van der Waals surface area contributed by atoms with Crippen molar-refractivity contribution in [2.45, 2.75) is 32.7 Å². The topological polar surface area (TPSA) is 12.0 Å². The van der Waals surface area contributed by atoms with E-state index >= 15 is 0 Å². The molecule has 2 rings (SSSR count). The van der Waals surface area contributed by atoms with Crippen molar-refractivity contribution in [3.63, 3.8) is 0 Å². The average molecular weight is 241 g/mol. The molecule has 0 amide bonds. The van der Waals surface area contributed by atoms with Gasteiger partial charge in [0, 0.05) is 6.54 Å². The summed E-state index contributed by atoms with van der Waals surface area (Å²) in [6.07, 6.45) is 10.1. The Balaban J connectivity index is 2.15. The minimum Gasteiger partial charge on any atom is -0.316 e. The van der Waals surface area contributed by atoms with Crippen LogP contribution in [0.3, 0.4) is 0 Å². The Hall–Kier alpha value is -1.34. The summed E-state index contributed by atoms with van der Waals surface area (Å²) in [6.45, 7) is 5.62. The molecular weight excluding hydrogens is 218 g/mol. The molecule has 0 radical (unpaired) electrons. The zero-order chi connectivity index (χ0) is 13.0. The Kier molecular flexibility index (Phi) is 4.03. The summed E-state index contributed by atoms with van der Waals surface area (Å²) in [7, 11) is 1.98. The first-order valence-corrected chi connectivity index (χ1v) is 6.73. The maximum Gasteiger partial charge on any atom is 0.0202 e. The molecule has 1 heteroatoms. The number of allylic oxidation sites excluding steroid dienone is 4. The molecule has 2 atom stereocenters. The van der Waals surface area contributed by atoms with Crippen LogP contribution in [0.15, 0.2) is 48.6 Å². The van der Waals surface area contributed by atoms with Crippen LogP contribution in [0.25, 0.3) is 0 Å². The summed E-state index contributed by atoms with van der Waals surface area (Å²) < 4.78 is 0. The fraction of sp³-hybridized carbons (Fsp3) is 0.412. The molecule has 2 unspecified atom stereocenters. The van der Waals surface area contributed by atoms with Gasteiger partial charge in [-0.1, -0.05) is 62.4 Å². The average Bonchev–Trinajstić information content (AvgIpc) is 2.40. The van der Waals surface area contributed by atoms with E-state index in [1.54, 1.807) is 0 Å². The van der Waals surface area contributed by atoms with Gasteiger partial charge in [-0.05, 0) is 35.9 Å². The summed E-state index contributed by atoms with van der Waals surface area (Å²) in [5.41, 5.74) is 3.02. The first kappa shape index (κ1) is 13.1. The lowest BCUT2D eigenvalue weighted by Gasteiger charge is -2.34. The van der Waals surface area contributed by atoms with E-state index in [1.165, 1.54) is 11.1 Å². The van der Waals surface area contributed by atoms with Gasteiger partial charge in [0.25, 0.3) is 0 Å². The smallest absolute Gasteiger partial charge is 0.0202 e. The molecule has 0 heterocycles. The highest BCUT2D eigenvalue weighted by Crippen LogP contribution is 2.41. The van der Waals surface area contributed by atoms with Gasteiger partial charge in [0.1, 0.15) is 0 Å². The molecule has 18 heavy (non-hydrogen) atoms. The quantitative estimate of drug-likeness (QED) is 0.839. The van der Waals surface area contributed by atoms with Crippen LogP contribution in [0, 0.1) is 5.41 Å². The van der Waals surface area contributed by atoms with Crippen molar-refractivity contribution in [1.29, 1.82) is 0 Å². The minimum atomic E-state index is 0.249. The van der Waals surface area contributed by atoms with Gasteiger partial charge in [-0.2, -0.15) is 0 Å². The fourth-order valence-electron chi connectivity index (χ4n) is 2.57. The Morgan fingerprint density at radius 3 is 2.50 bits per heavy atom. The highest BCUT2D eigenvalue weighted by Gasteiger charge is 2.29. The van der Waals surface area contributed by atoms with Crippen molar-refractivity contribution in [2.24, 2.45) is 5.41 Å². The molecular formula is C17H23N. The van der Waals surface area contributed by atoms with E-state index in [2.05, 4.69) is 67.7 Å². The molecule has 0 aromatic heterocycles. The van der Waals surface area contributed by atoms with Crippen molar-refractivity contribution in [1.82, 2.24) is 5.32 Å². The van der Waals surface area contributed by atoms with Crippen molar-refractivity contribution in [2.75, 3.05) is 7.05 Å². The number of hydrogen-bond donors (Lipinski definition) is 1. The number of benzene rings is 1. The fourth-order valence-corrected chi connectivity index (χ4v) is 2.57. The summed E-state index contributed by atoms with van der Waals surface area (Å²) in [5.74, 6) is 0.544. The first-order valence-electron chi connectivity index (χ1n) is 6.73. The summed E-state index contributed by atoms with van der Waals surface area (Å²) in [4.78, 5) is 0. The molecule has 0 saturated carbocycles. The molecule has 1 aliphatic carbocycles. The van der Waals surface area contributed by atoms with Gasteiger partial charge in [0.15, 0.2) is 0 Å². The van der Waals surface area contributed by atoms with Gasteiger partial charge in [0.2, 0.25) is 0 Å². The van der Waals surface area contributed by atoms with Crippen molar-refractivity contribution in [3.05, 3.63) is 59.7 Å². The second-order valence-electron chi connectivity index (χ2n) is 5.49. The second-order valence-corrected chi connectivity index (χ2v) is 5.49. The Morgan fingerprint density at radius 2 is 1.94 bits per heavy atom. The third-order valence-corrected chi connectivity index (χ3v) is 4.13. The van der Waals surface area contributed by atoms with Gasteiger partial charge in [-0.3, -0.25) is 0 Å². The van der Waals surface area contributed by atoms with Crippen molar-refractivity contribution >= 4 is 0 Å². The van der Waals surface area contributed by atoms with Crippen LogP contribution < -0.4 is 5.32 Å². The summed E-state index contributed by atoms with van der Waals surface area (Å²) in [5, 5.41) is 3.18. The zero-order valence-electron chi connectivity index (χ0n) is 11.6. The molecule has 1 nitrogen and oxygen atoms in total. The third-order valence-electron chi connectivity index (χ3n) is 4.13. The van der Waals surface area contributed by atoms with E-state index in [-0.39, 0.29) is 5.41 Å². The van der Waals surface area contributed by atoms with Gasteiger partial charge >= 0.3 is 0 Å². The van der Waals surface area contributed by atoms with E-state index in [0.717, 1.165) is 13.0 Å². The van der Waals surface area contributed by atoms with E-state index < -0.39 is 0 Å². The molecule has 0 saturated heterocycles. The number of rotatable bonds is 4. The van der Waals surface area contributed by atoms with E-state index in [4.69, 9.17) is 0 Å². The lowest BCUT2D eigenvalue weighted by atomic mass is 9.70. The normalized spacial score (nSPS) is 24.2. The molecule has 1 aliphatic rings. The van der Waals surface area contributed by atoms with Crippen LogP contribution in [0.1, 0.15) is 37.3 Å². The Bertz CT molecular complexity index is 441. The minimum absolute atomic E-state index is 0.249. The van der Waals surface area contributed by atoms with E-state index in [1.807, 2.05) is 7.05 Å². The van der Waals surface area contributed by atoms with Gasteiger partial charge < -0.3 is 5.32 Å². The monoisotopic (exact) mass is 241 g/mol. The van der Waals surface area contributed by atoms with Crippen molar-refractivity contribution < 1.29 is 0 Å². The van der Waals surface area contributed by atoms with E-state index in [0.29, 0.717) is 5.92 Å². The van der Waals surface area contributed by atoms with Gasteiger partial charge in [0.05, 0.1) is 0 Å². The molecule has 0 fully saturated rings. The lowest BCUT2D eigenvalue weighted by Crippen LogP contribution is -2.22. The van der Waals surface area contributed by atoms with Crippen LogP contribution in [-0.4, -0.2) is 7.05 Å². The van der Waals surface area contributed by atoms with Gasteiger partial charge in [-0.25, -0.2) is 0 Å². The second kappa shape index (κ2) is 5.53. The SMILES string of the molecule is CNCc1ccc(C(C)C2(C)C=CC=CC2)cc1. The van der Waals surface area contributed by atoms with Crippen molar-refractivity contribution in [3.8, 4) is 0 Å². The van der Waals surface area contributed by atoms with Crippen LogP contribution in [0.4, 0.5) is 0 Å². The van der Waals surface area contributed by atoms with Crippen LogP contribution >= 0.6 is 0 Å². The molecule has 96 valence electrons. The van der Waals surface area contributed by atoms with Gasteiger partial charge in [-0.15, -0.1) is 0 Å². The van der Waals surface area contributed by atoms with Crippen LogP contribution in [0.5, 0.6) is 0 Å². The lowest BCUT2D eigenvalue weighted by molar-refractivity contribution is 0.355. The Morgan fingerprint density at radius 1 is 1.22 bits per heavy atom. The Labute approximate surface area is 111 Å². The maximum absolute atomic E-state index is 3.18. The van der Waals surface area contributed by atoms with Crippen LogP contribution in [0.2, 0.25) is 0 Å². The predicted octanol–water partition coefficient (Wildman–Crippen LogP) is 4.03. The number of nitrogens with one attached hydrogen (secondary N) is 1. The zero-order valence-corrected chi connectivity index (χ0v) is 11.6. The first-order chi connectivity index (χ1) is 8.65. The maximum atomic E-state index is 3.18.